The third kappa shape index (κ3) is 5.30. The van der Waals surface area contributed by atoms with Crippen LogP contribution in [-0.4, -0.2) is 19.4 Å². The van der Waals surface area contributed by atoms with Crippen LogP contribution in [0.25, 0.3) is 0 Å². The number of nitro groups is 1. The molecule has 6 nitrogen and oxygen atoms in total. The predicted octanol–water partition coefficient (Wildman–Crippen LogP) is 8.28. The van der Waals surface area contributed by atoms with Crippen LogP contribution in [-0.2, 0) is 10.0 Å². The van der Waals surface area contributed by atoms with E-state index in [1.54, 1.807) is 6.07 Å². The molecule has 3 saturated carbocycles. The van der Waals surface area contributed by atoms with Crippen LogP contribution in [0.3, 0.4) is 0 Å². The van der Waals surface area contributed by atoms with E-state index < -0.39 is 14.9 Å². The zero-order valence-electron chi connectivity index (χ0n) is 25.2. The molecule has 3 fully saturated rings. The molecular formula is C33H50N2O4S. The highest BCUT2D eigenvalue weighted by molar-refractivity contribution is 7.89. The molecule has 1 N–H and O–H groups in total. The van der Waals surface area contributed by atoms with Crippen molar-refractivity contribution in [2.24, 2.45) is 46.3 Å². The number of hydrogen-bond acceptors (Lipinski definition) is 4. The second-order valence-corrected chi connectivity index (χ2v) is 16.3. The first-order chi connectivity index (χ1) is 18.9. The van der Waals surface area contributed by atoms with Gasteiger partial charge in [0, 0.05) is 12.1 Å². The highest BCUT2D eigenvalue weighted by atomic mass is 32.2. The highest BCUT2D eigenvalue weighted by Gasteiger charge is 2.59. The SMILES string of the molecule is CC(C)CCC[C@@H](C)[C@H]1CCC2C3CC=C4CC(NS(=O)(=O)c5ccccc5[N+](=O)[O-])CC[C@]4(C)C3CC[C@@]21C. The molecule has 40 heavy (non-hydrogen) atoms. The lowest BCUT2D eigenvalue weighted by Crippen LogP contribution is -2.52. The molecule has 0 saturated heterocycles. The summed E-state index contributed by atoms with van der Waals surface area (Å²) in [7, 11) is -3.98. The summed E-state index contributed by atoms with van der Waals surface area (Å²) < 4.78 is 29.2. The third-order valence-corrected chi connectivity index (χ3v) is 13.5. The normalized spacial score (nSPS) is 36.4. The predicted molar refractivity (Wildman–Crippen MR) is 160 cm³/mol. The minimum Gasteiger partial charge on any atom is -0.258 e. The standard InChI is InChI=1S/C33H50N2O4S/c1-22(2)9-8-10-23(3)27-15-16-28-26-14-13-24-21-25(17-19-32(24,4)29(26)18-20-33(27,28)5)34-40(38,39)31-12-7-6-11-30(31)35(36)37/h6-7,11-13,22-23,25-29,34H,8-10,14-21H2,1-5H3/t23-,25?,26?,27-,28?,29?,32+,33-/m1/s1. The smallest absolute Gasteiger partial charge is 0.258 e. The van der Waals surface area contributed by atoms with Crippen LogP contribution in [0.1, 0.15) is 105 Å². The van der Waals surface area contributed by atoms with Crippen LogP contribution >= 0.6 is 0 Å². The van der Waals surface area contributed by atoms with E-state index in [9.17, 15) is 18.5 Å². The first kappa shape index (κ1) is 29.8. The number of hydrogen-bond donors (Lipinski definition) is 1. The van der Waals surface area contributed by atoms with E-state index in [1.807, 2.05) is 0 Å². The van der Waals surface area contributed by atoms with Gasteiger partial charge in [-0.25, -0.2) is 13.1 Å². The maximum absolute atomic E-state index is 13.2. The van der Waals surface area contributed by atoms with Crippen molar-refractivity contribution in [2.45, 2.75) is 116 Å². The molecule has 5 rings (SSSR count). The molecule has 7 heteroatoms. The van der Waals surface area contributed by atoms with Gasteiger partial charge >= 0.3 is 0 Å². The number of allylic oxidation sites excluding steroid dienone is 1. The molecule has 0 bridgehead atoms. The van der Waals surface area contributed by atoms with E-state index in [4.69, 9.17) is 0 Å². The summed E-state index contributed by atoms with van der Waals surface area (Å²) in [5.41, 5.74) is 1.63. The first-order valence-electron chi connectivity index (χ1n) is 15.8. The van der Waals surface area contributed by atoms with Crippen molar-refractivity contribution in [3.63, 3.8) is 0 Å². The Labute approximate surface area is 242 Å². The molecule has 0 aromatic heterocycles. The zero-order chi connectivity index (χ0) is 28.9. The van der Waals surface area contributed by atoms with Gasteiger partial charge < -0.3 is 0 Å². The lowest BCUT2D eigenvalue weighted by atomic mass is 9.47. The van der Waals surface area contributed by atoms with Crippen molar-refractivity contribution in [3.8, 4) is 0 Å². The van der Waals surface area contributed by atoms with Gasteiger partial charge in [-0.15, -0.1) is 0 Å². The topological polar surface area (TPSA) is 89.3 Å². The fraction of sp³-hybridized carbons (Fsp3) is 0.758. The Morgan fingerprint density at radius 3 is 2.50 bits per heavy atom. The van der Waals surface area contributed by atoms with Crippen LogP contribution in [0.4, 0.5) is 5.69 Å². The van der Waals surface area contributed by atoms with Crippen LogP contribution in [0.5, 0.6) is 0 Å². The van der Waals surface area contributed by atoms with Gasteiger partial charge in [0.1, 0.15) is 0 Å². The summed E-state index contributed by atoms with van der Waals surface area (Å²) in [5, 5.41) is 11.5. The second-order valence-electron chi connectivity index (χ2n) is 14.6. The number of nitro benzene ring substituents is 1. The van der Waals surface area contributed by atoms with Crippen LogP contribution in [0, 0.1) is 56.5 Å². The Kier molecular flexibility index (Phi) is 8.30. The Bertz CT molecular complexity index is 1240. The lowest BCUT2D eigenvalue weighted by Gasteiger charge is -2.58. The number of para-hydroxylation sites is 1. The van der Waals surface area contributed by atoms with E-state index in [-0.39, 0.29) is 22.0 Å². The summed E-state index contributed by atoms with van der Waals surface area (Å²) in [5.74, 6) is 4.65. The first-order valence-corrected chi connectivity index (χ1v) is 17.3. The minimum atomic E-state index is -3.98. The molecule has 0 radical (unpaired) electrons. The lowest BCUT2D eigenvalue weighted by molar-refractivity contribution is -0.387. The molecule has 0 heterocycles. The Balaban J connectivity index is 1.29. The quantitative estimate of drug-likeness (QED) is 0.184. The van der Waals surface area contributed by atoms with Gasteiger partial charge in [-0.3, -0.25) is 10.1 Å². The van der Waals surface area contributed by atoms with E-state index in [1.165, 1.54) is 68.7 Å². The van der Waals surface area contributed by atoms with Crippen molar-refractivity contribution >= 4 is 15.7 Å². The summed E-state index contributed by atoms with van der Waals surface area (Å²) in [6.45, 7) is 12.3. The van der Waals surface area contributed by atoms with Gasteiger partial charge in [0.15, 0.2) is 4.90 Å². The summed E-state index contributed by atoms with van der Waals surface area (Å²) >= 11 is 0. The van der Waals surface area contributed by atoms with Crippen molar-refractivity contribution in [1.82, 2.24) is 4.72 Å². The monoisotopic (exact) mass is 570 g/mol. The molecule has 0 amide bonds. The summed E-state index contributed by atoms with van der Waals surface area (Å²) in [6, 6.07) is 5.41. The largest absolute Gasteiger partial charge is 0.289 e. The molecule has 0 aliphatic heterocycles. The number of nitrogens with zero attached hydrogens (tertiary/aromatic N) is 1. The molecule has 222 valence electrons. The van der Waals surface area contributed by atoms with Crippen molar-refractivity contribution in [2.75, 3.05) is 0 Å². The molecule has 4 unspecified atom stereocenters. The Morgan fingerprint density at radius 1 is 1.02 bits per heavy atom. The number of sulfonamides is 1. The fourth-order valence-electron chi connectivity index (χ4n) is 9.90. The fourth-order valence-corrected chi connectivity index (χ4v) is 11.3. The van der Waals surface area contributed by atoms with Gasteiger partial charge in [-0.2, -0.15) is 0 Å². The van der Waals surface area contributed by atoms with E-state index in [2.05, 4.69) is 45.4 Å². The highest BCUT2D eigenvalue weighted by Crippen LogP contribution is 2.67. The average Bonchev–Trinajstić information content (AvgIpc) is 3.26. The van der Waals surface area contributed by atoms with Crippen molar-refractivity contribution in [3.05, 3.63) is 46.0 Å². The number of nitrogens with one attached hydrogen (secondary N) is 1. The number of fused-ring (bicyclic) bond motifs is 5. The van der Waals surface area contributed by atoms with Crippen LogP contribution in [0.15, 0.2) is 40.8 Å². The summed E-state index contributed by atoms with van der Waals surface area (Å²) in [6.07, 6.45) is 15.5. The Morgan fingerprint density at radius 2 is 1.77 bits per heavy atom. The molecule has 1 aromatic rings. The van der Waals surface area contributed by atoms with Crippen LogP contribution in [0.2, 0.25) is 0 Å². The molecule has 4 aliphatic carbocycles. The van der Waals surface area contributed by atoms with Gasteiger partial charge in [0.25, 0.3) is 5.69 Å². The minimum absolute atomic E-state index is 0.131. The van der Waals surface area contributed by atoms with Gasteiger partial charge in [0.2, 0.25) is 10.0 Å². The van der Waals surface area contributed by atoms with E-state index in [0.717, 1.165) is 48.9 Å². The van der Waals surface area contributed by atoms with E-state index >= 15 is 0 Å². The number of benzene rings is 1. The molecule has 0 spiro atoms. The van der Waals surface area contributed by atoms with Crippen molar-refractivity contribution < 1.29 is 13.3 Å². The summed E-state index contributed by atoms with van der Waals surface area (Å²) in [4.78, 5) is 10.6. The maximum atomic E-state index is 13.2. The Hall–Kier alpha value is -1.73. The third-order valence-electron chi connectivity index (χ3n) is 12.0. The molecule has 8 atom stereocenters. The van der Waals surface area contributed by atoms with Gasteiger partial charge in [0.05, 0.1) is 4.92 Å². The molecular weight excluding hydrogens is 520 g/mol. The van der Waals surface area contributed by atoms with E-state index in [0.29, 0.717) is 17.8 Å². The van der Waals surface area contributed by atoms with Gasteiger partial charge in [-0.05, 0) is 104 Å². The maximum Gasteiger partial charge on any atom is 0.289 e. The van der Waals surface area contributed by atoms with Gasteiger partial charge in [-0.1, -0.05) is 77.7 Å². The second kappa shape index (κ2) is 11.2. The molecule has 4 aliphatic rings. The number of rotatable bonds is 9. The average molecular weight is 571 g/mol. The van der Waals surface area contributed by atoms with Crippen LogP contribution < -0.4 is 4.72 Å². The molecule has 1 aromatic carbocycles. The van der Waals surface area contributed by atoms with Crippen molar-refractivity contribution in [1.29, 1.82) is 0 Å². The zero-order valence-corrected chi connectivity index (χ0v) is 26.0.